The zero-order chi connectivity index (χ0) is 20.6. The molecule has 3 heterocycles. The lowest BCUT2D eigenvalue weighted by molar-refractivity contribution is -0.108. The number of carbonyl (C=O) groups is 1. The Morgan fingerprint density at radius 3 is 2.66 bits per heavy atom. The van der Waals surface area contributed by atoms with E-state index in [-0.39, 0.29) is 6.04 Å². The van der Waals surface area contributed by atoms with Gasteiger partial charge in [0.25, 0.3) is 0 Å². The molecule has 3 N–H and O–H groups in total. The number of hydrogen-bond acceptors (Lipinski definition) is 7. The molecular weight excluding hydrogens is 364 g/mol. The van der Waals surface area contributed by atoms with Crippen LogP contribution in [0.1, 0.15) is 31.4 Å². The number of anilines is 2. The number of rotatable bonds is 9. The molecule has 0 aliphatic carbocycles. The number of piperazine rings is 1. The fraction of sp³-hybridized carbons (Fsp3) is 0.636. The SMILES string of the molecule is C=C(CCC(C=O)Nc1ccc(N2CCC(N3CCNCC3)CC2)c(C)n1)NC. The quantitative estimate of drug-likeness (QED) is 0.546. The topological polar surface area (TPSA) is 72.5 Å². The second-order valence-corrected chi connectivity index (χ2v) is 8.08. The fourth-order valence-electron chi connectivity index (χ4n) is 4.31. The third kappa shape index (κ3) is 5.93. The summed E-state index contributed by atoms with van der Waals surface area (Å²) in [7, 11) is 1.85. The summed E-state index contributed by atoms with van der Waals surface area (Å²) in [5.74, 6) is 0.758. The van der Waals surface area contributed by atoms with Gasteiger partial charge in [-0.05, 0) is 44.7 Å². The van der Waals surface area contributed by atoms with Gasteiger partial charge in [-0.15, -0.1) is 0 Å². The van der Waals surface area contributed by atoms with Crippen LogP contribution >= 0.6 is 0 Å². The van der Waals surface area contributed by atoms with Crippen molar-refractivity contribution in [2.45, 2.75) is 44.7 Å². The van der Waals surface area contributed by atoms with E-state index in [0.29, 0.717) is 12.5 Å². The van der Waals surface area contributed by atoms with Crippen molar-refractivity contribution in [2.24, 2.45) is 0 Å². The molecule has 29 heavy (non-hydrogen) atoms. The number of nitrogens with zero attached hydrogens (tertiary/aromatic N) is 3. The van der Waals surface area contributed by atoms with Gasteiger partial charge in [0, 0.05) is 58.1 Å². The van der Waals surface area contributed by atoms with Crippen LogP contribution < -0.4 is 20.9 Å². The van der Waals surface area contributed by atoms with E-state index in [1.807, 2.05) is 13.1 Å². The van der Waals surface area contributed by atoms with Crippen molar-refractivity contribution < 1.29 is 4.79 Å². The molecule has 7 nitrogen and oxygen atoms in total. The molecule has 0 spiro atoms. The van der Waals surface area contributed by atoms with Crippen molar-refractivity contribution in [3.05, 3.63) is 30.1 Å². The molecule has 0 saturated carbocycles. The van der Waals surface area contributed by atoms with Gasteiger partial charge in [-0.3, -0.25) is 4.90 Å². The van der Waals surface area contributed by atoms with E-state index in [1.54, 1.807) is 0 Å². The Labute approximate surface area is 174 Å². The molecule has 2 aliphatic rings. The number of aryl methyl sites for hydroxylation is 1. The summed E-state index contributed by atoms with van der Waals surface area (Å²) in [6.07, 6.45) is 4.83. The molecule has 2 saturated heterocycles. The molecule has 1 aromatic rings. The number of allylic oxidation sites excluding steroid dienone is 1. The number of aromatic nitrogens is 1. The predicted molar refractivity (Wildman–Crippen MR) is 120 cm³/mol. The molecule has 160 valence electrons. The monoisotopic (exact) mass is 400 g/mol. The van der Waals surface area contributed by atoms with Gasteiger partial charge in [-0.1, -0.05) is 6.58 Å². The molecule has 1 atom stereocenters. The maximum atomic E-state index is 11.4. The van der Waals surface area contributed by atoms with Crippen LogP contribution in [0.5, 0.6) is 0 Å². The smallest absolute Gasteiger partial charge is 0.142 e. The molecule has 0 radical (unpaired) electrons. The first kappa shape index (κ1) is 21.6. The highest BCUT2D eigenvalue weighted by atomic mass is 16.1. The first-order valence-corrected chi connectivity index (χ1v) is 10.9. The Balaban J connectivity index is 1.54. The van der Waals surface area contributed by atoms with Crippen LogP contribution in [0.2, 0.25) is 0 Å². The Morgan fingerprint density at radius 2 is 2.03 bits per heavy atom. The third-order valence-corrected chi connectivity index (χ3v) is 6.14. The molecule has 0 bridgehead atoms. The lowest BCUT2D eigenvalue weighted by Gasteiger charge is -2.41. The van der Waals surface area contributed by atoms with Gasteiger partial charge in [-0.2, -0.15) is 0 Å². The second-order valence-electron chi connectivity index (χ2n) is 8.08. The van der Waals surface area contributed by atoms with E-state index in [9.17, 15) is 4.79 Å². The van der Waals surface area contributed by atoms with Crippen LogP contribution in [0.3, 0.4) is 0 Å². The van der Waals surface area contributed by atoms with Crippen molar-refractivity contribution >= 4 is 17.8 Å². The largest absolute Gasteiger partial charge is 0.392 e. The normalized spacial score (nSPS) is 19.6. The van der Waals surface area contributed by atoms with Crippen molar-refractivity contribution in [1.82, 2.24) is 20.5 Å². The number of carbonyl (C=O) groups excluding carboxylic acids is 1. The average Bonchev–Trinajstić information content (AvgIpc) is 2.77. The van der Waals surface area contributed by atoms with E-state index in [0.717, 1.165) is 56.1 Å². The molecule has 1 unspecified atom stereocenters. The van der Waals surface area contributed by atoms with Gasteiger partial charge in [-0.25, -0.2) is 4.98 Å². The lowest BCUT2D eigenvalue weighted by Crippen LogP contribution is -2.52. The number of hydrogen-bond donors (Lipinski definition) is 3. The van der Waals surface area contributed by atoms with E-state index in [1.165, 1.54) is 31.6 Å². The maximum Gasteiger partial charge on any atom is 0.142 e. The number of aldehydes is 1. The first-order valence-electron chi connectivity index (χ1n) is 10.9. The van der Waals surface area contributed by atoms with Gasteiger partial charge in [0.15, 0.2) is 0 Å². The molecule has 1 aromatic heterocycles. The van der Waals surface area contributed by atoms with Gasteiger partial charge in [0.05, 0.1) is 17.4 Å². The van der Waals surface area contributed by atoms with Crippen molar-refractivity contribution in [3.8, 4) is 0 Å². The highest BCUT2D eigenvalue weighted by Gasteiger charge is 2.26. The molecule has 0 aromatic carbocycles. The van der Waals surface area contributed by atoms with Gasteiger partial charge in [0.2, 0.25) is 0 Å². The van der Waals surface area contributed by atoms with Crippen molar-refractivity contribution in [3.63, 3.8) is 0 Å². The zero-order valence-electron chi connectivity index (χ0n) is 17.9. The number of pyridine rings is 1. The number of piperidine rings is 1. The minimum absolute atomic E-state index is 0.257. The minimum Gasteiger partial charge on any atom is -0.392 e. The summed E-state index contributed by atoms with van der Waals surface area (Å²) in [6.45, 7) is 12.7. The molecule has 3 rings (SSSR count). The Morgan fingerprint density at radius 1 is 1.31 bits per heavy atom. The molecule has 7 heteroatoms. The van der Waals surface area contributed by atoms with Crippen molar-refractivity contribution in [2.75, 3.05) is 56.5 Å². The van der Waals surface area contributed by atoms with Crippen LogP contribution in [0.25, 0.3) is 0 Å². The maximum absolute atomic E-state index is 11.4. The Bertz CT molecular complexity index is 680. The van der Waals surface area contributed by atoms with Crippen LogP contribution in [-0.2, 0) is 4.79 Å². The minimum atomic E-state index is -0.257. The van der Waals surface area contributed by atoms with E-state index in [2.05, 4.69) is 45.3 Å². The molecule has 2 aliphatic heterocycles. The predicted octanol–water partition coefficient (Wildman–Crippen LogP) is 1.76. The Kier molecular flexibility index (Phi) is 7.89. The molecule has 2 fully saturated rings. The van der Waals surface area contributed by atoms with Gasteiger partial charge >= 0.3 is 0 Å². The zero-order valence-corrected chi connectivity index (χ0v) is 17.9. The van der Waals surface area contributed by atoms with E-state index >= 15 is 0 Å². The summed E-state index contributed by atoms with van der Waals surface area (Å²) >= 11 is 0. The lowest BCUT2D eigenvalue weighted by atomic mass is 10.0. The first-order chi connectivity index (χ1) is 14.1. The molecule has 0 amide bonds. The standard InChI is InChI=1S/C22H36N6O/c1-17(23-3)4-5-19(16-29)26-22-7-6-21(18(2)25-22)28-12-8-20(9-13-28)27-14-10-24-11-15-27/h6-7,16,19-20,23-24H,1,4-5,8-15H2,2-3H3,(H,25,26). The Hall–Kier alpha value is -2.12. The fourth-order valence-corrected chi connectivity index (χ4v) is 4.31. The summed E-state index contributed by atoms with van der Waals surface area (Å²) in [6, 6.07) is 4.59. The highest BCUT2D eigenvalue weighted by Crippen LogP contribution is 2.26. The summed E-state index contributed by atoms with van der Waals surface area (Å²) in [5, 5.41) is 9.71. The molecular formula is C22H36N6O. The highest BCUT2D eigenvalue weighted by molar-refractivity contribution is 5.64. The third-order valence-electron chi connectivity index (χ3n) is 6.14. The van der Waals surface area contributed by atoms with E-state index in [4.69, 9.17) is 4.98 Å². The number of nitrogens with one attached hydrogen (secondary N) is 3. The van der Waals surface area contributed by atoms with Crippen LogP contribution in [0.15, 0.2) is 24.4 Å². The second kappa shape index (κ2) is 10.6. The van der Waals surface area contributed by atoms with Crippen LogP contribution in [0.4, 0.5) is 11.5 Å². The summed E-state index contributed by atoms with van der Waals surface area (Å²) < 4.78 is 0. The van der Waals surface area contributed by atoms with Gasteiger partial charge < -0.3 is 25.6 Å². The van der Waals surface area contributed by atoms with E-state index < -0.39 is 0 Å². The van der Waals surface area contributed by atoms with Gasteiger partial charge in [0.1, 0.15) is 12.1 Å². The van der Waals surface area contributed by atoms with Crippen LogP contribution in [-0.4, -0.2) is 74.6 Å². The van der Waals surface area contributed by atoms with Crippen LogP contribution in [0, 0.1) is 6.92 Å². The summed E-state index contributed by atoms with van der Waals surface area (Å²) in [5.41, 5.74) is 3.16. The van der Waals surface area contributed by atoms with Crippen molar-refractivity contribution in [1.29, 1.82) is 0 Å². The summed E-state index contributed by atoms with van der Waals surface area (Å²) in [4.78, 5) is 21.2. The average molecular weight is 401 g/mol.